The molecule has 1 rings (SSSR count). The van der Waals surface area contributed by atoms with E-state index < -0.39 is 199 Å². The van der Waals surface area contributed by atoms with Gasteiger partial charge in [0.2, 0.25) is 82.7 Å². The third-order valence-electron chi connectivity index (χ3n) is 14.2. The molecule has 1 aromatic rings. The number of rotatable bonds is 44. The van der Waals surface area contributed by atoms with E-state index in [1.807, 2.05) is 0 Å². The van der Waals surface area contributed by atoms with Crippen molar-refractivity contribution in [1.29, 1.82) is 0 Å². The highest BCUT2D eigenvalue weighted by Gasteiger charge is 2.35. The minimum Gasteiger partial charge on any atom is -0.481 e. The van der Waals surface area contributed by atoms with Gasteiger partial charge in [0.25, 0.3) is 0 Å². The predicted molar refractivity (Wildman–Crippen MR) is 336 cm³/mol. The molecule has 0 saturated heterocycles. The van der Waals surface area contributed by atoms with Gasteiger partial charge in [-0.05, 0) is 83.6 Å². The fourth-order valence-electron chi connectivity index (χ4n) is 8.48. The van der Waals surface area contributed by atoms with Crippen LogP contribution < -0.4 is 92.5 Å². The van der Waals surface area contributed by atoms with E-state index in [1.54, 1.807) is 58.0 Å². The minimum atomic E-state index is -1.59. The van der Waals surface area contributed by atoms with Gasteiger partial charge in [0.1, 0.15) is 60.4 Å². The van der Waals surface area contributed by atoms with Gasteiger partial charge in [-0.3, -0.25) is 81.7 Å². The molecule has 0 saturated carbocycles. The van der Waals surface area contributed by atoms with Crippen molar-refractivity contribution in [3.8, 4) is 0 Å². The lowest BCUT2D eigenvalue weighted by atomic mass is 9.96. The van der Waals surface area contributed by atoms with Gasteiger partial charge in [0.05, 0.1) is 19.1 Å². The first kappa shape index (κ1) is 82.0. The van der Waals surface area contributed by atoms with Gasteiger partial charge in [-0.1, -0.05) is 64.4 Å². The van der Waals surface area contributed by atoms with E-state index >= 15 is 0 Å². The predicted octanol–water partition coefficient (Wildman–Crippen LogP) is -6.66. The number of nitrogens with one attached hydrogen (secondary N) is 12. The Hall–Kier alpha value is -10.0. The number of hydrogen-bond acceptors (Lipinski definition) is 18. The van der Waals surface area contributed by atoms with E-state index in [2.05, 4.69) is 68.8 Å². The van der Waals surface area contributed by atoms with E-state index in [0.29, 0.717) is 12.0 Å². The lowest BCUT2D eigenvalue weighted by Gasteiger charge is -2.28. The quantitative estimate of drug-likeness (QED) is 0.0164. The first-order chi connectivity index (χ1) is 43.9. The first-order valence-corrected chi connectivity index (χ1v) is 30.4. The zero-order chi connectivity index (χ0) is 71.5. The van der Waals surface area contributed by atoms with Crippen LogP contribution in [0, 0.1) is 11.8 Å². The normalized spacial score (nSPS) is 14.7. The molecule has 1 aromatic carbocycles. The molecule has 0 spiro atoms. The molecule has 36 heteroatoms. The van der Waals surface area contributed by atoms with Crippen molar-refractivity contribution in [1.82, 2.24) is 63.8 Å². The zero-order valence-corrected chi connectivity index (χ0v) is 54.1. The van der Waals surface area contributed by atoms with Crippen molar-refractivity contribution < 1.29 is 86.9 Å². The Kier molecular flexibility index (Phi) is 36.8. The van der Waals surface area contributed by atoms with Crippen molar-refractivity contribution in [2.45, 2.75) is 192 Å². The maximum Gasteiger partial charge on any atom is 0.303 e. The number of primary amides is 2. The Bertz CT molecular complexity index is 2860. The molecule has 94 heavy (non-hydrogen) atoms. The Balaban J connectivity index is 3.23. The van der Waals surface area contributed by atoms with Crippen molar-refractivity contribution in [2.24, 2.45) is 45.5 Å². The first-order valence-electron chi connectivity index (χ1n) is 30.4. The van der Waals surface area contributed by atoms with E-state index in [4.69, 9.17) is 33.8 Å². The highest BCUT2D eigenvalue weighted by Crippen LogP contribution is 2.13. The Labute approximate surface area is 543 Å². The third-order valence-corrected chi connectivity index (χ3v) is 14.2. The fraction of sp³-hybridized carbons (Fsp3) is 0.603. The molecule has 0 aliphatic heterocycles. The molecular weight excluding hydrogens is 1240 g/mol. The number of carboxylic acid groups (broad SMARTS) is 2. The number of aliphatic carboxylic acids is 2. The number of amides is 14. The summed E-state index contributed by atoms with van der Waals surface area (Å²) < 4.78 is 0. The smallest absolute Gasteiger partial charge is 0.303 e. The number of benzene rings is 1. The van der Waals surface area contributed by atoms with Crippen LogP contribution in [0.15, 0.2) is 35.3 Å². The summed E-state index contributed by atoms with van der Waals surface area (Å²) in [7, 11) is 0. The van der Waals surface area contributed by atoms with Crippen LogP contribution >= 0.6 is 0 Å². The molecule has 0 radical (unpaired) electrons. The molecular formula is C58H94N18O18. The number of carbonyl (C=O) groups is 16. The largest absolute Gasteiger partial charge is 0.481 e. The highest BCUT2D eigenvalue weighted by molar-refractivity contribution is 5.99. The maximum atomic E-state index is 14.1. The summed E-state index contributed by atoms with van der Waals surface area (Å²) >= 11 is 0. The van der Waals surface area contributed by atoms with Crippen LogP contribution in [-0.2, 0) is 83.1 Å². The molecule has 24 N–H and O–H groups in total. The van der Waals surface area contributed by atoms with Crippen molar-refractivity contribution in [2.75, 3.05) is 19.6 Å². The van der Waals surface area contributed by atoms with Crippen LogP contribution in [0.3, 0.4) is 0 Å². The lowest BCUT2D eigenvalue weighted by molar-refractivity contribution is -0.139. The molecule has 0 aliphatic carbocycles. The number of nitrogens with zero attached hydrogens (tertiary/aromatic N) is 1. The average molecular weight is 1330 g/mol. The number of aliphatic imine (C=N–C) groups is 1. The monoisotopic (exact) mass is 1330 g/mol. The van der Waals surface area contributed by atoms with E-state index in [9.17, 15) is 81.8 Å². The number of hydrogen-bond donors (Lipinski definition) is 19. The summed E-state index contributed by atoms with van der Waals surface area (Å²) in [6, 6.07) is -6.56. The van der Waals surface area contributed by atoms with Crippen LogP contribution in [0.25, 0.3) is 0 Å². The molecule has 14 amide bonds. The summed E-state index contributed by atoms with van der Waals surface area (Å²) in [4.78, 5) is 211. The summed E-state index contributed by atoms with van der Waals surface area (Å²) in [6.07, 6.45) is -2.30. The van der Waals surface area contributed by atoms with Gasteiger partial charge >= 0.3 is 11.9 Å². The van der Waals surface area contributed by atoms with Crippen molar-refractivity contribution in [3.05, 3.63) is 35.9 Å². The highest BCUT2D eigenvalue weighted by atomic mass is 16.4. The van der Waals surface area contributed by atoms with Crippen LogP contribution in [0.4, 0.5) is 0 Å². The van der Waals surface area contributed by atoms with Gasteiger partial charge in [-0.25, -0.2) is 0 Å². The van der Waals surface area contributed by atoms with Crippen LogP contribution in [-0.4, -0.2) is 197 Å². The van der Waals surface area contributed by atoms with Gasteiger partial charge in [-0.2, -0.15) is 0 Å². The number of guanidine groups is 1. The van der Waals surface area contributed by atoms with E-state index in [-0.39, 0.29) is 63.4 Å². The molecule has 524 valence electrons. The van der Waals surface area contributed by atoms with E-state index in [1.165, 1.54) is 27.7 Å². The number of carbonyl (C=O) groups excluding carboxylic acids is 14. The summed E-state index contributed by atoms with van der Waals surface area (Å²) in [6.45, 7) is 10.3. The molecule has 36 nitrogen and oxygen atoms in total. The van der Waals surface area contributed by atoms with Gasteiger partial charge in [0, 0.05) is 32.2 Å². The second-order valence-corrected chi connectivity index (χ2v) is 22.8. The Morgan fingerprint density at radius 3 is 1.47 bits per heavy atom. The number of nitrogens with two attached hydrogens (primary N) is 5. The summed E-state index contributed by atoms with van der Waals surface area (Å²) in [5.41, 5.74) is 27.8. The second kappa shape index (κ2) is 42.2. The summed E-state index contributed by atoms with van der Waals surface area (Å²) in [5.74, 6) is -16.2. The standard InChI is InChI=1S/C58H94N18O18/c1-9-29(4)46(57(94)75-40(25-34-14-11-10-12-15-34)56(93)73-38(18-20-41(60)77)53(90)68-30(5)47(61)84)76-50(87)32(7)67-42(78)26-66-52(89)36(16-13-23-64-58(62)63)72-49(86)33(8)70-55(92)39(24-28(2)3)74-54(91)37(19-22-45(82)83)71-43(79)27-65-48(85)31(6)69-51(88)35(59)17-21-44(80)81/h10-12,14-15,28-33,35-40,46H,9,13,16-27,59H2,1-8H3,(H2,60,77)(H2,61,84)(H,65,85)(H,66,89)(H,67,78)(H,68,90)(H,69,88)(H,70,92)(H,71,79)(H,72,86)(H,73,93)(H,74,91)(H,75,94)(H,76,87)(H,80,81)(H,82,83)(H4,62,63,64)/t29-,30-,31-,32-,33-,35-,36-,37-,38-,39-,40-,46-/m0/s1. The average Bonchev–Trinajstić information content (AvgIpc) is 0.902. The van der Waals surface area contributed by atoms with Gasteiger partial charge in [0.15, 0.2) is 5.96 Å². The number of carboxylic acids is 2. The Morgan fingerprint density at radius 1 is 0.457 bits per heavy atom. The van der Waals surface area contributed by atoms with Gasteiger partial charge in [-0.15, -0.1) is 0 Å². The van der Waals surface area contributed by atoms with Crippen molar-refractivity contribution in [3.63, 3.8) is 0 Å². The molecule has 0 unspecified atom stereocenters. The van der Waals surface area contributed by atoms with E-state index in [0.717, 1.165) is 0 Å². The fourth-order valence-corrected chi connectivity index (χ4v) is 8.48. The Morgan fingerprint density at radius 2 is 0.904 bits per heavy atom. The van der Waals surface area contributed by atoms with Crippen molar-refractivity contribution >= 4 is 101 Å². The minimum absolute atomic E-state index is 0.0129. The molecule has 0 aromatic heterocycles. The second-order valence-electron chi connectivity index (χ2n) is 22.8. The summed E-state index contributed by atoms with van der Waals surface area (Å²) in [5, 5.41) is 47.4. The molecule has 0 aliphatic rings. The maximum absolute atomic E-state index is 14.1. The third kappa shape index (κ3) is 32.8. The molecule has 0 fully saturated rings. The van der Waals surface area contributed by atoms with Crippen LogP contribution in [0.5, 0.6) is 0 Å². The molecule has 0 heterocycles. The lowest BCUT2D eigenvalue weighted by Crippen LogP contribution is -2.60. The topological polar surface area (TPSA) is 600 Å². The molecule has 12 atom stereocenters. The zero-order valence-electron chi connectivity index (χ0n) is 54.1. The van der Waals surface area contributed by atoms with Crippen LogP contribution in [0.2, 0.25) is 0 Å². The van der Waals surface area contributed by atoms with Crippen LogP contribution in [0.1, 0.15) is 125 Å². The van der Waals surface area contributed by atoms with Gasteiger partial charge < -0.3 is 103 Å². The molecule has 0 bridgehead atoms. The SMILES string of the molecule is CC[C@H](C)[C@H](NC(=O)[C@H](C)NC(=O)CNC(=O)[C@H](CCCN=C(N)N)NC(=O)[C@H](C)NC(=O)[C@H](CC(C)C)NC(=O)[C@H](CCC(=O)O)NC(=O)CNC(=O)[C@H](C)NC(=O)[C@@H](N)CCC(=O)O)C(=O)N[C@@H](Cc1ccccc1)C(=O)N[C@@H](CCC(N)=O)C(=O)N[C@@H](C)C(N)=O.